The van der Waals surface area contributed by atoms with E-state index in [1.807, 2.05) is 6.07 Å². The number of nitrogens with one attached hydrogen (secondary N) is 1. The van der Waals surface area contributed by atoms with Crippen molar-refractivity contribution in [2.24, 2.45) is 0 Å². The molecule has 1 aliphatic heterocycles. The Bertz CT molecular complexity index is 518. The number of anilines is 1. The summed E-state index contributed by atoms with van der Waals surface area (Å²) in [4.78, 5) is 25.0. The van der Waals surface area contributed by atoms with Crippen LogP contribution in [0.15, 0.2) is 24.3 Å². The van der Waals surface area contributed by atoms with Gasteiger partial charge in [-0.2, -0.15) is 0 Å². The molecule has 0 saturated carbocycles. The molecule has 6 heteroatoms. The summed E-state index contributed by atoms with van der Waals surface area (Å²) in [6.07, 6.45) is 1.44. The number of hydrogen-bond donors (Lipinski definition) is 2. The van der Waals surface area contributed by atoms with Crippen molar-refractivity contribution in [1.29, 1.82) is 0 Å². The van der Waals surface area contributed by atoms with Gasteiger partial charge in [0.2, 0.25) is 5.91 Å². The third-order valence-electron chi connectivity index (χ3n) is 3.25. The first kappa shape index (κ1) is 15.3. The maximum Gasteiger partial charge on any atom is 0.258 e. The van der Waals surface area contributed by atoms with Crippen LogP contribution < -0.4 is 15.0 Å². The molecule has 1 atom stereocenters. The second-order valence-electron chi connectivity index (χ2n) is 5.09. The molecular weight excluding hydrogens is 272 g/mol. The lowest BCUT2D eigenvalue weighted by Crippen LogP contribution is -2.38. The van der Waals surface area contributed by atoms with E-state index < -0.39 is 0 Å². The predicted molar refractivity (Wildman–Crippen MR) is 78.2 cm³/mol. The summed E-state index contributed by atoms with van der Waals surface area (Å²) in [7, 11) is 0. The second-order valence-corrected chi connectivity index (χ2v) is 5.09. The Morgan fingerprint density at radius 2 is 2.33 bits per heavy atom. The largest absolute Gasteiger partial charge is 0.484 e. The molecule has 1 saturated heterocycles. The first-order chi connectivity index (χ1) is 10.1. The number of aliphatic hydroxyl groups is 1. The van der Waals surface area contributed by atoms with Crippen LogP contribution in [0.1, 0.15) is 19.8 Å². The van der Waals surface area contributed by atoms with Gasteiger partial charge in [0.15, 0.2) is 6.61 Å². The topological polar surface area (TPSA) is 78.9 Å². The molecule has 1 unspecified atom stereocenters. The van der Waals surface area contributed by atoms with Crippen molar-refractivity contribution >= 4 is 17.5 Å². The Morgan fingerprint density at radius 1 is 1.52 bits per heavy atom. The van der Waals surface area contributed by atoms with Gasteiger partial charge >= 0.3 is 0 Å². The summed E-state index contributed by atoms with van der Waals surface area (Å²) < 4.78 is 5.42. The fourth-order valence-corrected chi connectivity index (χ4v) is 2.17. The lowest BCUT2D eigenvalue weighted by molar-refractivity contribution is -0.124. The number of aliphatic hydroxyl groups excluding tert-OH is 1. The van der Waals surface area contributed by atoms with Crippen molar-refractivity contribution < 1.29 is 19.4 Å². The average molecular weight is 292 g/mol. The van der Waals surface area contributed by atoms with Gasteiger partial charge < -0.3 is 20.1 Å². The van der Waals surface area contributed by atoms with Crippen molar-refractivity contribution in [3.05, 3.63) is 24.3 Å². The number of rotatable bonds is 6. The van der Waals surface area contributed by atoms with Crippen molar-refractivity contribution in [2.75, 3.05) is 24.7 Å². The van der Waals surface area contributed by atoms with E-state index in [1.54, 1.807) is 30.0 Å². The minimum absolute atomic E-state index is 0.113. The molecule has 1 heterocycles. The van der Waals surface area contributed by atoms with Gasteiger partial charge in [-0.05, 0) is 25.5 Å². The maximum absolute atomic E-state index is 11.7. The van der Waals surface area contributed by atoms with Crippen LogP contribution in [0.4, 0.5) is 5.69 Å². The third-order valence-corrected chi connectivity index (χ3v) is 3.25. The number of amides is 2. The molecule has 0 aliphatic carbocycles. The van der Waals surface area contributed by atoms with Crippen LogP contribution in [0.3, 0.4) is 0 Å². The summed E-state index contributed by atoms with van der Waals surface area (Å²) >= 11 is 0. The van der Waals surface area contributed by atoms with E-state index in [0.29, 0.717) is 12.2 Å². The Balaban J connectivity index is 1.92. The van der Waals surface area contributed by atoms with Gasteiger partial charge in [-0.1, -0.05) is 6.07 Å². The first-order valence-corrected chi connectivity index (χ1v) is 7.03. The minimum Gasteiger partial charge on any atom is -0.484 e. The zero-order valence-electron chi connectivity index (χ0n) is 12.0. The zero-order valence-corrected chi connectivity index (χ0v) is 12.0. The monoisotopic (exact) mass is 292 g/mol. The summed E-state index contributed by atoms with van der Waals surface area (Å²) in [5.41, 5.74) is 0.791. The summed E-state index contributed by atoms with van der Waals surface area (Å²) in [5.74, 6) is 0.361. The Hall–Kier alpha value is -2.08. The fourth-order valence-electron chi connectivity index (χ4n) is 2.17. The van der Waals surface area contributed by atoms with Crippen LogP contribution in [0.25, 0.3) is 0 Å². The van der Waals surface area contributed by atoms with Gasteiger partial charge in [-0.15, -0.1) is 0 Å². The molecule has 1 aliphatic rings. The van der Waals surface area contributed by atoms with Crippen LogP contribution in [0.5, 0.6) is 5.75 Å². The second kappa shape index (κ2) is 7.08. The van der Waals surface area contributed by atoms with Gasteiger partial charge in [0.25, 0.3) is 5.91 Å². The number of hydrogen-bond acceptors (Lipinski definition) is 4. The van der Waals surface area contributed by atoms with Crippen molar-refractivity contribution in [3.8, 4) is 5.75 Å². The van der Waals surface area contributed by atoms with E-state index in [0.717, 1.165) is 18.7 Å². The number of ether oxygens (including phenoxy) is 1. The lowest BCUT2D eigenvalue weighted by atomic mass is 10.3. The number of carbonyl (C=O) groups is 2. The third kappa shape index (κ3) is 4.19. The van der Waals surface area contributed by atoms with Gasteiger partial charge in [0, 0.05) is 30.8 Å². The van der Waals surface area contributed by atoms with E-state index >= 15 is 0 Å². The molecule has 2 amide bonds. The smallest absolute Gasteiger partial charge is 0.258 e. The van der Waals surface area contributed by atoms with Gasteiger partial charge in [-0.3, -0.25) is 9.59 Å². The SMILES string of the molecule is CC(CO)NC(=O)COc1cccc(N2CCCC2=O)c1. The van der Waals surface area contributed by atoms with Gasteiger partial charge in [0.05, 0.1) is 6.61 Å². The molecule has 21 heavy (non-hydrogen) atoms. The number of nitrogens with zero attached hydrogens (tertiary/aromatic N) is 1. The number of carbonyl (C=O) groups excluding carboxylic acids is 2. The van der Waals surface area contributed by atoms with Crippen LogP contribution in [0.2, 0.25) is 0 Å². The van der Waals surface area contributed by atoms with Crippen LogP contribution in [-0.4, -0.2) is 42.7 Å². The average Bonchev–Trinajstić information content (AvgIpc) is 2.91. The van der Waals surface area contributed by atoms with E-state index in [4.69, 9.17) is 9.84 Å². The van der Waals surface area contributed by atoms with Gasteiger partial charge in [-0.25, -0.2) is 0 Å². The van der Waals surface area contributed by atoms with E-state index in [9.17, 15) is 9.59 Å². The Kier molecular flexibility index (Phi) is 5.16. The molecule has 1 fully saturated rings. The first-order valence-electron chi connectivity index (χ1n) is 7.03. The molecule has 0 bridgehead atoms. The quantitative estimate of drug-likeness (QED) is 0.808. The fraction of sp³-hybridized carbons (Fsp3) is 0.467. The highest BCUT2D eigenvalue weighted by Crippen LogP contribution is 2.25. The Morgan fingerprint density at radius 3 is 3.00 bits per heavy atom. The molecule has 0 aromatic heterocycles. The predicted octanol–water partition coefficient (Wildman–Crippen LogP) is 0.689. The summed E-state index contributed by atoms with van der Waals surface area (Å²) in [6.45, 7) is 2.19. The van der Waals surface area contributed by atoms with Crippen molar-refractivity contribution in [3.63, 3.8) is 0 Å². The van der Waals surface area contributed by atoms with Crippen molar-refractivity contribution in [2.45, 2.75) is 25.8 Å². The molecule has 2 rings (SSSR count). The Labute approximate surface area is 123 Å². The van der Waals surface area contributed by atoms with E-state index in [2.05, 4.69) is 5.32 Å². The highest BCUT2D eigenvalue weighted by atomic mass is 16.5. The minimum atomic E-state index is -0.297. The molecule has 0 spiro atoms. The zero-order chi connectivity index (χ0) is 15.2. The maximum atomic E-state index is 11.7. The number of benzene rings is 1. The van der Waals surface area contributed by atoms with E-state index in [1.165, 1.54) is 0 Å². The molecule has 1 aromatic carbocycles. The van der Waals surface area contributed by atoms with Crippen molar-refractivity contribution in [1.82, 2.24) is 5.32 Å². The standard InChI is InChI=1S/C15H20N2O4/c1-11(9-18)16-14(19)10-21-13-5-2-4-12(8-13)17-7-3-6-15(17)20/h2,4-5,8,11,18H,3,6-7,9-10H2,1H3,(H,16,19). The molecule has 114 valence electrons. The molecule has 6 nitrogen and oxygen atoms in total. The summed E-state index contributed by atoms with van der Waals surface area (Å²) in [6, 6.07) is 6.85. The molecule has 2 N–H and O–H groups in total. The highest BCUT2D eigenvalue weighted by Gasteiger charge is 2.21. The molecule has 1 aromatic rings. The highest BCUT2D eigenvalue weighted by molar-refractivity contribution is 5.95. The lowest BCUT2D eigenvalue weighted by Gasteiger charge is -2.17. The van der Waals surface area contributed by atoms with Crippen LogP contribution >= 0.6 is 0 Å². The van der Waals surface area contributed by atoms with Crippen LogP contribution in [-0.2, 0) is 9.59 Å². The normalized spacial score (nSPS) is 15.9. The van der Waals surface area contributed by atoms with E-state index in [-0.39, 0.29) is 31.1 Å². The van der Waals surface area contributed by atoms with Crippen LogP contribution in [0, 0.1) is 0 Å². The molecular formula is C15H20N2O4. The van der Waals surface area contributed by atoms with Gasteiger partial charge in [0.1, 0.15) is 5.75 Å². The molecule has 0 radical (unpaired) electrons. The summed E-state index contributed by atoms with van der Waals surface area (Å²) in [5, 5.41) is 11.5.